The Morgan fingerprint density at radius 1 is 1.33 bits per heavy atom. The highest BCUT2D eigenvalue weighted by Gasteiger charge is 2.24. The van der Waals surface area contributed by atoms with Gasteiger partial charge < -0.3 is 8.54 Å². The molecule has 0 spiro atoms. The van der Waals surface area contributed by atoms with Gasteiger partial charge in [-0.1, -0.05) is 5.92 Å². The third-order valence-corrected chi connectivity index (χ3v) is 6.18. The Balaban J connectivity index is 3.75. The van der Waals surface area contributed by atoms with E-state index in [2.05, 4.69) is 38.0 Å². The third-order valence-electron chi connectivity index (χ3n) is 1.19. The van der Waals surface area contributed by atoms with E-state index in [0.717, 1.165) is 0 Å². The Morgan fingerprint density at radius 2 is 1.92 bits per heavy atom. The minimum absolute atomic E-state index is 0.511. The molecule has 0 bridgehead atoms. The molecule has 0 rings (SSSR count). The van der Waals surface area contributed by atoms with Crippen LogP contribution in [0.15, 0.2) is 0 Å². The van der Waals surface area contributed by atoms with Gasteiger partial charge in [0.15, 0.2) is 9.04 Å². The number of hydrogen-bond donors (Lipinski definition) is 0. The first-order valence-electron chi connectivity index (χ1n) is 4.19. The molecule has 0 aromatic heterocycles. The standard InChI is InChI=1S/C8H18O2Si2/c1-6-7-8-9-12(4,5)10-11(2)3/h11H,8H2,1-5H3. The summed E-state index contributed by atoms with van der Waals surface area (Å²) in [6, 6.07) is 0. The highest BCUT2D eigenvalue weighted by atomic mass is 28.4. The maximum Gasteiger partial charge on any atom is 0.322 e. The monoisotopic (exact) mass is 202 g/mol. The summed E-state index contributed by atoms with van der Waals surface area (Å²) in [7, 11) is -2.80. The zero-order chi connectivity index (χ0) is 9.61. The van der Waals surface area contributed by atoms with Crippen LogP contribution in [0, 0.1) is 11.8 Å². The van der Waals surface area contributed by atoms with Gasteiger partial charge >= 0.3 is 8.56 Å². The normalized spacial score (nSPS) is 11.2. The molecule has 2 nitrogen and oxygen atoms in total. The zero-order valence-electron chi connectivity index (χ0n) is 8.60. The predicted molar refractivity (Wildman–Crippen MR) is 56.8 cm³/mol. The Kier molecular flexibility index (Phi) is 5.50. The van der Waals surface area contributed by atoms with E-state index in [4.69, 9.17) is 8.54 Å². The Labute approximate surface area is 78.2 Å². The fraction of sp³-hybridized carbons (Fsp3) is 0.750. The second-order valence-electron chi connectivity index (χ2n) is 3.28. The second kappa shape index (κ2) is 5.54. The second-order valence-corrected chi connectivity index (χ2v) is 9.41. The van der Waals surface area contributed by atoms with Crippen molar-refractivity contribution in [2.24, 2.45) is 0 Å². The molecule has 0 aromatic carbocycles. The molecule has 0 aliphatic rings. The van der Waals surface area contributed by atoms with Crippen LogP contribution in [-0.4, -0.2) is 24.2 Å². The molecule has 0 amide bonds. The lowest BCUT2D eigenvalue weighted by Gasteiger charge is -2.24. The van der Waals surface area contributed by atoms with Crippen LogP contribution in [0.3, 0.4) is 0 Å². The van der Waals surface area contributed by atoms with Gasteiger partial charge in [0.05, 0.1) is 6.61 Å². The van der Waals surface area contributed by atoms with E-state index >= 15 is 0 Å². The van der Waals surface area contributed by atoms with E-state index in [0.29, 0.717) is 6.61 Å². The Morgan fingerprint density at radius 3 is 2.33 bits per heavy atom. The highest BCUT2D eigenvalue weighted by molar-refractivity contribution is 6.72. The molecule has 12 heavy (non-hydrogen) atoms. The van der Waals surface area contributed by atoms with Crippen molar-refractivity contribution in [1.29, 1.82) is 0 Å². The van der Waals surface area contributed by atoms with Crippen LogP contribution < -0.4 is 0 Å². The average Bonchev–Trinajstić information content (AvgIpc) is 1.84. The lowest BCUT2D eigenvalue weighted by Crippen LogP contribution is -2.39. The quantitative estimate of drug-likeness (QED) is 0.510. The van der Waals surface area contributed by atoms with Crippen LogP contribution in [0.1, 0.15) is 6.92 Å². The van der Waals surface area contributed by atoms with Crippen molar-refractivity contribution in [2.75, 3.05) is 6.61 Å². The fourth-order valence-corrected chi connectivity index (χ4v) is 6.12. The fourth-order valence-electron chi connectivity index (χ4n) is 0.884. The molecule has 0 unspecified atom stereocenters. The van der Waals surface area contributed by atoms with Crippen LogP contribution in [0.4, 0.5) is 0 Å². The van der Waals surface area contributed by atoms with Crippen LogP contribution in [-0.2, 0) is 8.54 Å². The van der Waals surface area contributed by atoms with Gasteiger partial charge in [-0.2, -0.15) is 0 Å². The number of hydrogen-bond acceptors (Lipinski definition) is 2. The van der Waals surface area contributed by atoms with Crippen molar-refractivity contribution < 1.29 is 8.54 Å². The Bertz CT molecular complexity index is 179. The van der Waals surface area contributed by atoms with Crippen LogP contribution in [0.2, 0.25) is 26.2 Å². The molecule has 0 aromatic rings. The molecule has 4 heteroatoms. The summed E-state index contributed by atoms with van der Waals surface area (Å²) in [5.74, 6) is 5.67. The van der Waals surface area contributed by atoms with E-state index in [1.54, 1.807) is 0 Å². The largest absolute Gasteiger partial charge is 0.439 e. The molecule has 0 N–H and O–H groups in total. The maximum absolute atomic E-state index is 5.77. The molecule has 70 valence electrons. The summed E-state index contributed by atoms with van der Waals surface area (Å²) in [6.45, 7) is 10.8. The van der Waals surface area contributed by atoms with E-state index in [-0.39, 0.29) is 0 Å². The van der Waals surface area contributed by atoms with E-state index in [1.165, 1.54) is 0 Å². The molecule has 0 aliphatic carbocycles. The summed E-state index contributed by atoms with van der Waals surface area (Å²) in [6.07, 6.45) is 0. The van der Waals surface area contributed by atoms with Crippen LogP contribution >= 0.6 is 0 Å². The molecule has 0 saturated heterocycles. The number of rotatable bonds is 4. The molecule has 0 atom stereocenters. The molecular weight excluding hydrogens is 184 g/mol. The van der Waals surface area contributed by atoms with Gasteiger partial charge in [-0.05, 0) is 33.1 Å². The smallest absolute Gasteiger partial charge is 0.322 e. The topological polar surface area (TPSA) is 18.5 Å². The van der Waals surface area contributed by atoms with Crippen molar-refractivity contribution in [3.8, 4) is 11.8 Å². The van der Waals surface area contributed by atoms with E-state index < -0.39 is 17.6 Å². The van der Waals surface area contributed by atoms with Gasteiger partial charge in [0.2, 0.25) is 0 Å². The van der Waals surface area contributed by atoms with E-state index in [9.17, 15) is 0 Å². The lowest BCUT2D eigenvalue weighted by molar-refractivity contribution is 0.286. The van der Waals surface area contributed by atoms with Gasteiger partial charge in [0.1, 0.15) is 0 Å². The molecule has 0 heterocycles. The van der Waals surface area contributed by atoms with Gasteiger partial charge in [-0.15, -0.1) is 5.92 Å². The molecular formula is C8H18O2Si2. The van der Waals surface area contributed by atoms with Gasteiger partial charge in [0.25, 0.3) is 0 Å². The molecule has 0 aliphatic heterocycles. The van der Waals surface area contributed by atoms with Gasteiger partial charge in [-0.3, -0.25) is 0 Å². The first-order valence-corrected chi connectivity index (χ1v) is 9.79. The zero-order valence-corrected chi connectivity index (χ0v) is 10.8. The summed E-state index contributed by atoms with van der Waals surface area (Å²) < 4.78 is 11.3. The highest BCUT2D eigenvalue weighted by Crippen LogP contribution is 2.07. The first kappa shape index (κ1) is 11.9. The van der Waals surface area contributed by atoms with Gasteiger partial charge in [-0.25, -0.2) is 0 Å². The van der Waals surface area contributed by atoms with Gasteiger partial charge in [0, 0.05) is 0 Å². The first-order chi connectivity index (χ1) is 5.48. The van der Waals surface area contributed by atoms with Crippen molar-refractivity contribution in [3.05, 3.63) is 0 Å². The van der Waals surface area contributed by atoms with Crippen molar-refractivity contribution in [1.82, 2.24) is 0 Å². The van der Waals surface area contributed by atoms with Crippen molar-refractivity contribution in [2.45, 2.75) is 33.1 Å². The SMILES string of the molecule is CC#CCO[Si](C)(C)O[SiH](C)C. The van der Waals surface area contributed by atoms with Crippen molar-refractivity contribution >= 4 is 17.6 Å². The van der Waals surface area contributed by atoms with Crippen LogP contribution in [0.25, 0.3) is 0 Å². The average molecular weight is 202 g/mol. The van der Waals surface area contributed by atoms with Crippen molar-refractivity contribution in [3.63, 3.8) is 0 Å². The molecule has 0 radical (unpaired) electrons. The summed E-state index contributed by atoms with van der Waals surface area (Å²) in [5.41, 5.74) is 0. The minimum Gasteiger partial charge on any atom is -0.439 e. The molecule has 0 fully saturated rings. The molecule has 0 saturated carbocycles. The minimum atomic E-state index is -1.84. The lowest BCUT2D eigenvalue weighted by atomic mass is 10.6. The third kappa shape index (κ3) is 6.61. The summed E-state index contributed by atoms with van der Waals surface area (Å²) >= 11 is 0. The maximum atomic E-state index is 5.77. The predicted octanol–water partition coefficient (Wildman–Crippen LogP) is 1.73. The Hall–Kier alpha value is -0.0862. The van der Waals surface area contributed by atoms with E-state index in [1.807, 2.05) is 6.92 Å². The summed E-state index contributed by atoms with van der Waals surface area (Å²) in [5, 5.41) is 0. The summed E-state index contributed by atoms with van der Waals surface area (Å²) in [4.78, 5) is 0. The van der Waals surface area contributed by atoms with Crippen LogP contribution in [0.5, 0.6) is 0 Å².